The first-order valence-corrected chi connectivity index (χ1v) is 9.26. The molecule has 1 aromatic carbocycles. The summed E-state index contributed by atoms with van der Waals surface area (Å²) in [5.41, 5.74) is 1.25. The highest BCUT2D eigenvalue weighted by molar-refractivity contribution is 7.99. The normalized spacial score (nSPS) is 11.9. The molecule has 116 valence electrons. The van der Waals surface area contributed by atoms with Crippen LogP contribution in [0.1, 0.15) is 12.5 Å². The lowest BCUT2D eigenvalue weighted by Crippen LogP contribution is -2.32. The molecule has 22 heavy (non-hydrogen) atoms. The Kier molecular flexibility index (Phi) is 7.33. The number of nitrogens with one attached hydrogen (secondary N) is 1. The highest BCUT2D eigenvalue weighted by atomic mass is 32.2. The number of pyridine rings is 1. The lowest BCUT2D eigenvalue weighted by molar-refractivity contribution is -0.120. The predicted octanol–water partition coefficient (Wildman–Crippen LogP) is 3.61. The van der Waals surface area contributed by atoms with Crippen LogP contribution in [0.15, 0.2) is 59.8 Å². The Balaban J connectivity index is 1.62. The van der Waals surface area contributed by atoms with Crippen molar-refractivity contribution in [3.8, 4) is 0 Å². The van der Waals surface area contributed by atoms with Gasteiger partial charge in [-0.25, -0.2) is 4.98 Å². The molecule has 0 fully saturated rings. The molecule has 0 saturated heterocycles. The quantitative estimate of drug-likeness (QED) is 0.592. The van der Waals surface area contributed by atoms with Gasteiger partial charge in [0.15, 0.2) is 0 Å². The second-order valence-corrected chi connectivity index (χ2v) is 7.19. The van der Waals surface area contributed by atoms with Gasteiger partial charge in [0.1, 0.15) is 0 Å². The minimum absolute atomic E-state index is 0.0416. The Bertz CT molecular complexity index is 563. The van der Waals surface area contributed by atoms with Crippen LogP contribution < -0.4 is 5.32 Å². The van der Waals surface area contributed by atoms with Crippen molar-refractivity contribution in [2.45, 2.75) is 23.0 Å². The van der Waals surface area contributed by atoms with E-state index in [0.29, 0.717) is 6.54 Å². The van der Waals surface area contributed by atoms with Gasteiger partial charge in [-0.3, -0.25) is 4.79 Å². The Morgan fingerprint density at radius 3 is 2.68 bits per heavy atom. The van der Waals surface area contributed by atoms with Gasteiger partial charge < -0.3 is 5.32 Å². The second-order valence-electron chi connectivity index (χ2n) is 4.75. The lowest BCUT2D eigenvalue weighted by atomic mass is 10.2. The maximum Gasteiger partial charge on any atom is 0.232 e. The molecule has 1 amide bonds. The monoisotopic (exact) mass is 332 g/mol. The van der Waals surface area contributed by atoms with E-state index in [4.69, 9.17) is 0 Å². The average Bonchev–Trinajstić information content (AvgIpc) is 2.58. The average molecular weight is 332 g/mol. The third-order valence-corrected chi connectivity index (χ3v) is 5.16. The summed E-state index contributed by atoms with van der Waals surface area (Å²) in [7, 11) is 0. The molecule has 1 aromatic heterocycles. The first kappa shape index (κ1) is 16.9. The molecule has 2 rings (SSSR count). The van der Waals surface area contributed by atoms with Gasteiger partial charge in [0.2, 0.25) is 5.91 Å². The molecule has 0 aliphatic rings. The number of hydrogen-bond donors (Lipinski definition) is 1. The minimum Gasteiger partial charge on any atom is -0.354 e. The van der Waals surface area contributed by atoms with E-state index in [-0.39, 0.29) is 11.2 Å². The van der Waals surface area contributed by atoms with Crippen molar-refractivity contribution in [3.05, 3.63) is 60.3 Å². The van der Waals surface area contributed by atoms with Crippen LogP contribution in [-0.4, -0.2) is 28.4 Å². The van der Waals surface area contributed by atoms with Gasteiger partial charge in [-0.15, -0.1) is 23.5 Å². The van der Waals surface area contributed by atoms with Gasteiger partial charge in [0.05, 0.1) is 10.3 Å². The summed E-state index contributed by atoms with van der Waals surface area (Å²) >= 11 is 3.31. The molecule has 2 aromatic rings. The SMILES string of the molecule is C[C@@H](SCc1ccccc1)C(=O)NCCSc1ccccn1. The van der Waals surface area contributed by atoms with E-state index < -0.39 is 0 Å². The molecule has 3 nitrogen and oxygen atoms in total. The molecule has 0 bridgehead atoms. The van der Waals surface area contributed by atoms with Gasteiger partial charge >= 0.3 is 0 Å². The summed E-state index contributed by atoms with van der Waals surface area (Å²) < 4.78 is 0. The summed E-state index contributed by atoms with van der Waals surface area (Å²) in [5, 5.41) is 3.93. The van der Waals surface area contributed by atoms with E-state index in [9.17, 15) is 4.79 Å². The first-order chi connectivity index (χ1) is 10.8. The summed E-state index contributed by atoms with van der Waals surface area (Å²) in [5.74, 6) is 1.79. The number of carbonyl (C=O) groups is 1. The molecule has 1 heterocycles. The molecule has 0 saturated carbocycles. The van der Waals surface area contributed by atoms with Crippen molar-refractivity contribution in [3.63, 3.8) is 0 Å². The van der Waals surface area contributed by atoms with Crippen LogP contribution in [0.25, 0.3) is 0 Å². The van der Waals surface area contributed by atoms with Crippen molar-refractivity contribution in [2.24, 2.45) is 0 Å². The Labute approximate surface area is 140 Å². The summed E-state index contributed by atoms with van der Waals surface area (Å²) in [6, 6.07) is 16.1. The predicted molar refractivity (Wildman–Crippen MR) is 95.2 cm³/mol. The number of carbonyl (C=O) groups excluding carboxylic acids is 1. The molecule has 5 heteroatoms. The zero-order chi connectivity index (χ0) is 15.6. The fourth-order valence-electron chi connectivity index (χ4n) is 1.78. The van der Waals surface area contributed by atoms with Crippen LogP contribution in [0.5, 0.6) is 0 Å². The van der Waals surface area contributed by atoms with E-state index in [1.54, 1.807) is 29.7 Å². The number of thioether (sulfide) groups is 2. The lowest BCUT2D eigenvalue weighted by Gasteiger charge is -2.11. The Morgan fingerprint density at radius 2 is 1.95 bits per heavy atom. The van der Waals surface area contributed by atoms with E-state index in [2.05, 4.69) is 22.4 Å². The van der Waals surface area contributed by atoms with Crippen LogP contribution >= 0.6 is 23.5 Å². The number of amides is 1. The summed E-state index contributed by atoms with van der Waals surface area (Å²) in [6.07, 6.45) is 1.78. The third kappa shape index (κ3) is 6.12. The fourth-order valence-corrected chi connectivity index (χ4v) is 3.37. The molecule has 1 atom stereocenters. The van der Waals surface area contributed by atoms with Crippen LogP contribution in [0.4, 0.5) is 0 Å². The zero-order valence-corrected chi connectivity index (χ0v) is 14.2. The summed E-state index contributed by atoms with van der Waals surface area (Å²) in [6.45, 7) is 2.62. The van der Waals surface area contributed by atoms with Crippen LogP contribution in [0.2, 0.25) is 0 Å². The van der Waals surface area contributed by atoms with Crippen molar-refractivity contribution < 1.29 is 4.79 Å². The molecule has 1 N–H and O–H groups in total. The van der Waals surface area contributed by atoms with Crippen LogP contribution in [-0.2, 0) is 10.5 Å². The van der Waals surface area contributed by atoms with E-state index in [0.717, 1.165) is 16.5 Å². The molecule has 0 unspecified atom stereocenters. The largest absolute Gasteiger partial charge is 0.354 e. The maximum atomic E-state index is 12.0. The Morgan fingerprint density at radius 1 is 1.18 bits per heavy atom. The number of nitrogens with zero attached hydrogens (tertiary/aromatic N) is 1. The van der Waals surface area contributed by atoms with Gasteiger partial charge in [-0.05, 0) is 24.6 Å². The number of benzene rings is 1. The fraction of sp³-hybridized carbons (Fsp3) is 0.294. The molecule has 0 spiro atoms. The smallest absolute Gasteiger partial charge is 0.232 e. The topological polar surface area (TPSA) is 42.0 Å². The highest BCUT2D eigenvalue weighted by Gasteiger charge is 2.12. The number of aromatic nitrogens is 1. The summed E-state index contributed by atoms with van der Waals surface area (Å²) in [4.78, 5) is 16.3. The van der Waals surface area contributed by atoms with Gasteiger partial charge in [0.25, 0.3) is 0 Å². The third-order valence-electron chi connectivity index (χ3n) is 3.00. The second kappa shape index (κ2) is 9.54. The van der Waals surface area contributed by atoms with Crippen molar-refractivity contribution >= 4 is 29.4 Å². The van der Waals surface area contributed by atoms with Gasteiger partial charge in [-0.1, -0.05) is 36.4 Å². The van der Waals surface area contributed by atoms with Gasteiger partial charge in [0, 0.05) is 24.2 Å². The van der Waals surface area contributed by atoms with Crippen molar-refractivity contribution in [1.29, 1.82) is 0 Å². The molecular formula is C17H20N2OS2. The zero-order valence-electron chi connectivity index (χ0n) is 12.6. The van der Waals surface area contributed by atoms with E-state index >= 15 is 0 Å². The minimum atomic E-state index is -0.0416. The van der Waals surface area contributed by atoms with Crippen molar-refractivity contribution in [2.75, 3.05) is 12.3 Å². The first-order valence-electron chi connectivity index (χ1n) is 7.23. The van der Waals surface area contributed by atoms with Gasteiger partial charge in [-0.2, -0.15) is 0 Å². The van der Waals surface area contributed by atoms with E-state index in [1.165, 1.54) is 5.56 Å². The standard InChI is InChI=1S/C17H20N2OS2/c1-14(22-13-15-7-3-2-4-8-15)17(20)19-11-12-21-16-9-5-6-10-18-16/h2-10,14H,11-13H2,1H3,(H,19,20)/t14-/m1/s1. The highest BCUT2D eigenvalue weighted by Crippen LogP contribution is 2.17. The number of rotatable bonds is 8. The van der Waals surface area contributed by atoms with E-state index in [1.807, 2.05) is 43.3 Å². The Hall–Kier alpha value is -1.46. The van der Waals surface area contributed by atoms with Crippen LogP contribution in [0.3, 0.4) is 0 Å². The van der Waals surface area contributed by atoms with Crippen molar-refractivity contribution in [1.82, 2.24) is 10.3 Å². The number of hydrogen-bond acceptors (Lipinski definition) is 4. The maximum absolute atomic E-state index is 12.0. The van der Waals surface area contributed by atoms with Crippen LogP contribution in [0, 0.1) is 0 Å². The molecule has 0 aliphatic carbocycles. The molecule has 0 radical (unpaired) electrons. The molecular weight excluding hydrogens is 312 g/mol. The molecule has 0 aliphatic heterocycles.